The number of amides is 1. The highest BCUT2D eigenvalue weighted by molar-refractivity contribution is 5.77. The van der Waals surface area contributed by atoms with E-state index >= 15 is 0 Å². The van der Waals surface area contributed by atoms with Gasteiger partial charge < -0.3 is 29.0 Å². The fourth-order valence-electron chi connectivity index (χ4n) is 4.13. The molecule has 0 bridgehead atoms. The molecule has 26 heavy (non-hydrogen) atoms. The first-order chi connectivity index (χ1) is 12.6. The van der Waals surface area contributed by atoms with Crippen LogP contribution in [0.1, 0.15) is 19.8 Å². The smallest absolute Gasteiger partial charge is 0.248 e. The van der Waals surface area contributed by atoms with E-state index in [1.54, 1.807) is 6.07 Å². The number of fused-ring (bicyclic) bond motifs is 2. The van der Waals surface area contributed by atoms with Crippen LogP contribution < -0.4 is 14.2 Å². The van der Waals surface area contributed by atoms with Gasteiger partial charge in [-0.15, -0.1) is 0 Å². The molecule has 7 heteroatoms. The normalized spacial score (nSPS) is 29.5. The maximum absolute atomic E-state index is 12.2. The zero-order valence-corrected chi connectivity index (χ0v) is 14.9. The number of rotatable bonds is 5. The predicted octanol–water partition coefficient (Wildman–Crippen LogP) is 1.43. The van der Waals surface area contributed by atoms with Crippen LogP contribution in [0.2, 0.25) is 0 Å². The van der Waals surface area contributed by atoms with Crippen molar-refractivity contribution in [3.8, 4) is 17.2 Å². The number of carbonyl (C=O) groups excluding carboxylic acids is 1. The van der Waals surface area contributed by atoms with E-state index in [1.165, 1.54) is 0 Å². The monoisotopic (exact) mass is 363 g/mol. The predicted molar refractivity (Wildman–Crippen MR) is 92.3 cm³/mol. The van der Waals surface area contributed by atoms with Crippen molar-refractivity contribution in [3.63, 3.8) is 0 Å². The average Bonchev–Trinajstić information content (AvgIpc) is 3.26. The van der Waals surface area contributed by atoms with E-state index in [0.717, 1.165) is 6.42 Å². The van der Waals surface area contributed by atoms with Crippen LogP contribution in [0, 0.1) is 11.8 Å². The molecule has 0 aromatic heterocycles. The minimum absolute atomic E-state index is 0.0315. The van der Waals surface area contributed by atoms with Crippen molar-refractivity contribution in [2.24, 2.45) is 11.8 Å². The van der Waals surface area contributed by atoms with E-state index < -0.39 is 6.10 Å². The van der Waals surface area contributed by atoms with Gasteiger partial charge in [0.15, 0.2) is 11.5 Å². The first kappa shape index (κ1) is 17.4. The van der Waals surface area contributed by atoms with Crippen molar-refractivity contribution in [2.45, 2.75) is 32.0 Å². The number of carbonyl (C=O) groups is 1. The largest absolute Gasteiger partial charge is 0.488 e. The minimum Gasteiger partial charge on any atom is -0.488 e. The van der Waals surface area contributed by atoms with Gasteiger partial charge >= 0.3 is 0 Å². The van der Waals surface area contributed by atoms with Gasteiger partial charge in [0, 0.05) is 25.8 Å². The van der Waals surface area contributed by atoms with Crippen LogP contribution in [0.3, 0.4) is 0 Å². The Bertz CT molecular complexity index is 665. The summed E-state index contributed by atoms with van der Waals surface area (Å²) in [4.78, 5) is 14.1. The molecule has 0 unspecified atom stereocenters. The van der Waals surface area contributed by atoms with Crippen molar-refractivity contribution >= 4 is 5.91 Å². The maximum atomic E-state index is 12.2. The molecule has 0 spiro atoms. The first-order valence-corrected chi connectivity index (χ1v) is 9.24. The van der Waals surface area contributed by atoms with Gasteiger partial charge in [-0.3, -0.25) is 4.79 Å². The van der Waals surface area contributed by atoms with Crippen LogP contribution in [-0.4, -0.2) is 61.2 Å². The molecule has 2 aliphatic heterocycles. The summed E-state index contributed by atoms with van der Waals surface area (Å²) in [7, 11) is 0. The van der Waals surface area contributed by atoms with Crippen LogP contribution in [0.15, 0.2) is 18.2 Å². The number of benzene rings is 1. The third-order valence-corrected chi connectivity index (χ3v) is 5.50. The van der Waals surface area contributed by atoms with Crippen LogP contribution in [0.5, 0.6) is 17.2 Å². The second-order valence-electron chi connectivity index (χ2n) is 7.17. The van der Waals surface area contributed by atoms with Gasteiger partial charge in [0.2, 0.25) is 12.7 Å². The van der Waals surface area contributed by atoms with Gasteiger partial charge in [-0.1, -0.05) is 0 Å². The second-order valence-corrected chi connectivity index (χ2v) is 7.17. The lowest BCUT2D eigenvalue weighted by Gasteiger charge is -2.35. The summed E-state index contributed by atoms with van der Waals surface area (Å²) in [5.74, 6) is 2.75. The Morgan fingerprint density at radius 3 is 2.81 bits per heavy atom. The van der Waals surface area contributed by atoms with Crippen molar-refractivity contribution in [1.82, 2.24) is 4.90 Å². The molecule has 1 aromatic carbocycles. The van der Waals surface area contributed by atoms with Gasteiger partial charge in [-0.2, -0.15) is 0 Å². The zero-order chi connectivity index (χ0) is 18.1. The Hall–Kier alpha value is -1.99. The Balaban J connectivity index is 1.37. The maximum Gasteiger partial charge on any atom is 0.248 e. The number of aliphatic hydroxyl groups is 1. The standard InChI is InChI=1S/C19H25NO6/c1-2-23-10-19(22)20-8-12-5-15(21)17(6-13(12)9-20)26-14-3-4-16-18(7-14)25-11-24-16/h3-4,7,12-13,15,17,21H,2,5-6,8-11H2,1H3/t12-,13+,15+,17+/m0/s1. The second kappa shape index (κ2) is 7.32. The topological polar surface area (TPSA) is 77.5 Å². The molecular weight excluding hydrogens is 338 g/mol. The molecule has 0 radical (unpaired) electrons. The van der Waals surface area contributed by atoms with Gasteiger partial charge in [0.1, 0.15) is 18.5 Å². The molecule has 4 rings (SSSR count). The number of hydrogen-bond acceptors (Lipinski definition) is 6. The van der Waals surface area contributed by atoms with Gasteiger partial charge in [-0.25, -0.2) is 0 Å². The average molecular weight is 363 g/mol. The highest BCUT2D eigenvalue weighted by Crippen LogP contribution is 2.40. The van der Waals surface area contributed by atoms with Gasteiger partial charge in [0.05, 0.1) is 6.10 Å². The summed E-state index contributed by atoms with van der Waals surface area (Å²) in [5.41, 5.74) is 0. The summed E-state index contributed by atoms with van der Waals surface area (Å²) >= 11 is 0. The van der Waals surface area contributed by atoms with Crippen molar-refractivity contribution in [1.29, 1.82) is 0 Å². The van der Waals surface area contributed by atoms with E-state index in [2.05, 4.69) is 0 Å². The Morgan fingerprint density at radius 2 is 2.00 bits per heavy atom. The highest BCUT2D eigenvalue weighted by Gasteiger charge is 2.43. The van der Waals surface area contributed by atoms with Crippen LogP contribution in [0.25, 0.3) is 0 Å². The van der Waals surface area contributed by atoms with Crippen LogP contribution in [-0.2, 0) is 9.53 Å². The summed E-state index contributed by atoms with van der Waals surface area (Å²) in [6, 6.07) is 5.45. The molecule has 7 nitrogen and oxygen atoms in total. The van der Waals surface area contributed by atoms with Gasteiger partial charge in [0.25, 0.3) is 0 Å². The van der Waals surface area contributed by atoms with Crippen LogP contribution in [0.4, 0.5) is 0 Å². The molecule has 1 saturated carbocycles. The van der Waals surface area contributed by atoms with Gasteiger partial charge in [-0.05, 0) is 43.7 Å². The number of ether oxygens (including phenoxy) is 4. The van der Waals surface area contributed by atoms with E-state index in [-0.39, 0.29) is 25.4 Å². The number of likely N-dealkylation sites (tertiary alicyclic amines) is 1. The molecule has 2 heterocycles. The number of hydrogen-bond donors (Lipinski definition) is 1. The molecule has 3 aliphatic rings. The molecule has 1 saturated heterocycles. The first-order valence-electron chi connectivity index (χ1n) is 9.24. The fraction of sp³-hybridized carbons (Fsp3) is 0.632. The van der Waals surface area contributed by atoms with Crippen molar-refractivity contribution in [2.75, 3.05) is 33.1 Å². The number of aliphatic hydroxyl groups excluding tert-OH is 1. The quantitative estimate of drug-likeness (QED) is 0.853. The lowest BCUT2D eigenvalue weighted by molar-refractivity contribution is -0.135. The van der Waals surface area contributed by atoms with Crippen molar-refractivity contribution < 1.29 is 28.8 Å². The summed E-state index contributed by atoms with van der Waals surface area (Å²) in [6.45, 7) is 4.19. The Morgan fingerprint density at radius 1 is 1.23 bits per heavy atom. The molecule has 4 atom stereocenters. The Labute approximate surface area is 152 Å². The molecule has 142 valence electrons. The zero-order valence-electron chi connectivity index (χ0n) is 14.9. The van der Waals surface area contributed by atoms with Crippen LogP contribution >= 0.6 is 0 Å². The summed E-state index contributed by atoms with van der Waals surface area (Å²) in [6.07, 6.45) is 0.568. The highest BCUT2D eigenvalue weighted by atomic mass is 16.7. The molecule has 2 fully saturated rings. The molecular formula is C19H25NO6. The SMILES string of the molecule is CCOCC(=O)N1C[C@H]2C[C@@H](Oc3ccc4c(c3)OCO4)[C@H](O)C[C@H]2C1. The third-order valence-electron chi connectivity index (χ3n) is 5.50. The van der Waals surface area contributed by atoms with E-state index in [4.69, 9.17) is 18.9 Å². The lowest BCUT2D eigenvalue weighted by atomic mass is 9.78. The van der Waals surface area contributed by atoms with E-state index in [0.29, 0.717) is 55.2 Å². The summed E-state index contributed by atoms with van der Waals surface area (Å²) in [5, 5.41) is 10.5. The molecule has 1 aliphatic carbocycles. The lowest BCUT2D eigenvalue weighted by Crippen LogP contribution is -2.42. The fourth-order valence-corrected chi connectivity index (χ4v) is 4.13. The molecule has 1 N–H and O–H groups in total. The van der Waals surface area contributed by atoms with E-state index in [9.17, 15) is 9.90 Å². The molecule has 1 amide bonds. The minimum atomic E-state index is -0.538. The third kappa shape index (κ3) is 3.46. The number of nitrogens with zero attached hydrogens (tertiary/aromatic N) is 1. The van der Waals surface area contributed by atoms with Crippen molar-refractivity contribution in [3.05, 3.63) is 18.2 Å². The van der Waals surface area contributed by atoms with E-state index in [1.807, 2.05) is 24.0 Å². The molecule has 1 aromatic rings. The Kier molecular flexibility index (Phi) is 4.91. The summed E-state index contributed by atoms with van der Waals surface area (Å²) < 4.78 is 22.0.